The molecule has 0 aliphatic carbocycles. The maximum absolute atomic E-state index is 13.1. The van der Waals surface area contributed by atoms with Gasteiger partial charge in [0.05, 0.1) is 7.11 Å². The van der Waals surface area contributed by atoms with Gasteiger partial charge in [-0.2, -0.15) is 13.2 Å². The third-order valence-corrected chi connectivity index (χ3v) is 3.53. The lowest BCUT2D eigenvalue weighted by molar-refractivity contribution is -0.194. The molecule has 0 amide bonds. The molecule has 19 heavy (non-hydrogen) atoms. The summed E-state index contributed by atoms with van der Waals surface area (Å²) in [7, 11) is 0.972. The lowest BCUT2D eigenvalue weighted by Crippen LogP contribution is -2.45. The monoisotopic (exact) mass is 273 g/mol. The quantitative estimate of drug-likeness (QED) is 0.626. The molecular weight excluding hydrogens is 259 g/mol. The summed E-state index contributed by atoms with van der Waals surface area (Å²) in [6.07, 6.45) is -4.64. The summed E-state index contributed by atoms with van der Waals surface area (Å²) < 4.78 is 43.7. The van der Waals surface area contributed by atoms with E-state index in [0.29, 0.717) is 0 Å². The number of hydrogen-bond acceptors (Lipinski definition) is 3. The molecule has 3 nitrogen and oxygen atoms in total. The van der Waals surface area contributed by atoms with Crippen molar-refractivity contribution in [3.05, 3.63) is 35.9 Å². The van der Waals surface area contributed by atoms with Crippen molar-refractivity contribution >= 4 is 5.97 Å². The standard InChI is InChI=1S/C13H14F3NO2/c1-9(10-6-4-3-5-7-10)17-8-12(17,11(18)19-2)13(14,15)16/h3-7,9H,8H2,1-2H3/t9-,12-,17?/m0/s1. The van der Waals surface area contributed by atoms with Crippen LogP contribution in [-0.2, 0) is 9.53 Å². The van der Waals surface area contributed by atoms with Gasteiger partial charge in [0.15, 0.2) is 0 Å². The Kier molecular flexibility index (Phi) is 3.30. The number of alkyl halides is 3. The van der Waals surface area contributed by atoms with E-state index in [1.807, 2.05) is 0 Å². The summed E-state index contributed by atoms with van der Waals surface area (Å²) in [4.78, 5) is 12.6. The number of esters is 1. The van der Waals surface area contributed by atoms with E-state index in [1.54, 1.807) is 37.3 Å². The molecule has 2 rings (SSSR count). The molecule has 0 bridgehead atoms. The molecule has 1 aliphatic rings. The largest absolute Gasteiger partial charge is 0.467 e. The molecule has 0 aromatic heterocycles. The highest BCUT2D eigenvalue weighted by atomic mass is 19.4. The van der Waals surface area contributed by atoms with E-state index in [2.05, 4.69) is 4.74 Å². The van der Waals surface area contributed by atoms with E-state index in [4.69, 9.17) is 0 Å². The van der Waals surface area contributed by atoms with Crippen LogP contribution in [0.25, 0.3) is 0 Å². The maximum atomic E-state index is 13.1. The summed E-state index contributed by atoms with van der Waals surface area (Å²) >= 11 is 0. The van der Waals surface area contributed by atoms with Gasteiger partial charge in [-0.25, -0.2) is 4.79 Å². The Hall–Kier alpha value is -1.56. The molecule has 1 aromatic carbocycles. The highest BCUT2D eigenvalue weighted by Crippen LogP contribution is 2.51. The molecule has 0 N–H and O–H groups in total. The summed E-state index contributed by atoms with van der Waals surface area (Å²) in [5, 5.41) is 0. The zero-order chi connectivity index (χ0) is 14.3. The number of benzene rings is 1. The molecule has 0 radical (unpaired) electrons. The summed E-state index contributed by atoms with van der Waals surface area (Å²) in [5.74, 6) is -1.25. The summed E-state index contributed by atoms with van der Waals surface area (Å²) in [6.45, 7) is 1.28. The van der Waals surface area contributed by atoms with Gasteiger partial charge in [0.25, 0.3) is 0 Å². The van der Waals surface area contributed by atoms with Crippen LogP contribution < -0.4 is 0 Å². The molecule has 1 fully saturated rings. The highest BCUT2D eigenvalue weighted by molar-refractivity contribution is 5.86. The van der Waals surface area contributed by atoms with Gasteiger partial charge >= 0.3 is 12.1 Å². The highest BCUT2D eigenvalue weighted by Gasteiger charge is 2.76. The minimum absolute atomic E-state index is 0.362. The minimum Gasteiger partial charge on any atom is -0.467 e. The van der Waals surface area contributed by atoms with Gasteiger partial charge in [-0.05, 0) is 12.5 Å². The Balaban J connectivity index is 2.27. The molecule has 0 saturated carbocycles. The number of halogens is 3. The molecule has 1 unspecified atom stereocenters. The average Bonchev–Trinajstić information content (AvgIpc) is 3.14. The molecule has 3 atom stereocenters. The average molecular weight is 273 g/mol. The minimum atomic E-state index is -4.64. The Morgan fingerprint density at radius 3 is 2.42 bits per heavy atom. The van der Waals surface area contributed by atoms with Gasteiger partial charge in [-0.1, -0.05) is 30.3 Å². The van der Waals surface area contributed by atoms with Crippen LogP contribution in [0.3, 0.4) is 0 Å². The molecule has 6 heteroatoms. The fourth-order valence-corrected chi connectivity index (χ4v) is 2.31. The van der Waals surface area contributed by atoms with Crippen LogP contribution in [-0.4, -0.2) is 36.2 Å². The van der Waals surface area contributed by atoms with Crippen LogP contribution in [0.4, 0.5) is 13.2 Å². The van der Waals surface area contributed by atoms with E-state index in [1.165, 1.54) is 0 Å². The van der Waals surface area contributed by atoms with Gasteiger partial charge in [0, 0.05) is 12.6 Å². The molecule has 1 heterocycles. The number of methoxy groups -OCH3 is 1. The van der Waals surface area contributed by atoms with Crippen molar-refractivity contribution < 1.29 is 22.7 Å². The zero-order valence-electron chi connectivity index (χ0n) is 10.6. The van der Waals surface area contributed by atoms with Crippen LogP contribution >= 0.6 is 0 Å². The third kappa shape index (κ3) is 2.10. The van der Waals surface area contributed by atoms with Crippen LogP contribution in [0, 0.1) is 0 Å². The van der Waals surface area contributed by atoms with E-state index in [0.717, 1.165) is 17.6 Å². The normalized spacial score (nSPS) is 27.7. The zero-order valence-corrected chi connectivity index (χ0v) is 10.6. The molecular formula is C13H14F3NO2. The molecule has 0 spiro atoms. The van der Waals surface area contributed by atoms with Crippen LogP contribution in [0.2, 0.25) is 0 Å². The lowest BCUT2D eigenvalue weighted by Gasteiger charge is -2.22. The van der Waals surface area contributed by atoms with Crippen molar-refractivity contribution in [1.29, 1.82) is 0 Å². The fourth-order valence-electron chi connectivity index (χ4n) is 2.31. The second-order valence-corrected chi connectivity index (χ2v) is 4.56. The van der Waals surface area contributed by atoms with Crippen LogP contribution in [0.15, 0.2) is 30.3 Å². The van der Waals surface area contributed by atoms with E-state index in [-0.39, 0.29) is 6.54 Å². The lowest BCUT2D eigenvalue weighted by atomic mass is 10.1. The first-order valence-corrected chi connectivity index (χ1v) is 5.81. The Labute approximate surface area is 109 Å². The number of ether oxygens (including phenoxy) is 1. The van der Waals surface area contributed by atoms with Gasteiger partial charge < -0.3 is 4.74 Å². The number of nitrogens with zero attached hydrogens (tertiary/aromatic N) is 1. The predicted molar refractivity (Wildman–Crippen MR) is 62.4 cm³/mol. The number of rotatable bonds is 3. The van der Waals surface area contributed by atoms with Crippen molar-refractivity contribution in [3.63, 3.8) is 0 Å². The number of carbonyl (C=O) groups is 1. The molecule has 1 saturated heterocycles. The van der Waals surface area contributed by atoms with Gasteiger partial charge in [0.1, 0.15) is 0 Å². The van der Waals surface area contributed by atoms with Crippen molar-refractivity contribution in [3.8, 4) is 0 Å². The number of carbonyl (C=O) groups excluding carboxylic acids is 1. The Bertz CT molecular complexity index is 475. The molecule has 1 aromatic rings. The second-order valence-electron chi connectivity index (χ2n) is 4.56. The van der Waals surface area contributed by atoms with Crippen LogP contribution in [0.5, 0.6) is 0 Å². The SMILES string of the molecule is COC(=O)[C@]1(C(F)(F)F)CN1[C@@H](C)c1ccccc1. The summed E-state index contributed by atoms with van der Waals surface area (Å²) in [6, 6.07) is 8.27. The first-order chi connectivity index (χ1) is 8.84. The van der Waals surface area contributed by atoms with Crippen molar-refractivity contribution in [1.82, 2.24) is 4.90 Å². The van der Waals surface area contributed by atoms with Crippen molar-refractivity contribution in [2.24, 2.45) is 0 Å². The third-order valence-electron chi connectivity index (χ3n) is 3.53. The van der Waals surface area contributed by atoms with Gasteiger partial charge in [-0.3, -0.25) is 4.90 Å². The predicted octanol–water partition coefficient (Wildman–Crippen LogP) is 2.54. The Morgan fingerprint density at radius 1 is 1.37 bits per heavy atom. The van der Waals surface area contributed by atoms with Crippen molar-refractivity contribution in [2.45, 2.75) is 24.7 Å². The first kappa shape index (κ1) is 13.9. The summed E-state index contributed by atoms with van der Waals surface area (Å²) in [5.41, 5.74) is -1.76. The smallest absolute Gasteiger partial charge is 0.418 e. The van der Waals surface area contributed by atoms with Crippen LogP contribution in [0.1, 0.15) is 18.5 Å². The van der Waals surface area contributed by atoms with E-state index < -0.39 is 23.7 Å². The van der Waals surface area contributed by atoms with Gasteiger partial charge in [0.2, 0.25) is 5.54 Å². The second kappa shape index (κ2) is 4.52. The van der Waals surface area contributed by atoms with E-state index >= 15 is 0 Å². The van der Waals surface area contributed by atoms with Crippen molar-refractivity contribution in [2.75, 3.05) is 13.7 Å². The molecule has 1 aliphatic heterocycles. The first-order valence-electron chi connectivity index (χ1n) is 5.81. The number of hydrogen-bond donors (Lipinski definition) is 0. The Morgan fingerprint density at radius 2 is 1.95 bits per heavy atom. The van der Waals surface area contributed by atoms with Gasteiger partial charge in [-0.15, -0.1) is 0 Å². The molecule has 104 valence electrons. The van der Waals surface area contributed by atoms with E-state index in [9.17, 15) is 18.0 Å². The fraction of sp³-hybridized carbons (Fsp3) is 0.462. The topological polar surface area (TPSA) is 29.3 Å². The maximum Gasteiger partial charge on any atom is 0.418 e.